The normalized spacial score (nSPS) is 24.0. The Morgan fingerprint density at radius 1 is 1.17 bits per heavy atom. The number of aliphatic hydroxyl groups is 1. The third kappa shape index (κ3) is 3.78. The van der Waals surface area contributed by atoms with Crippen molar-refractivity contribution in [3.05, 3.63) is 59.9 Å². The van der Waals surface area contributed by atoms with E-state index in [9.17, 15) is 19.6 Å². The molecule has 2 aromatic carbocycles. The molecule has 1 saturated heterocycles. The molecule has 1 aliphatic heterocycles. The number of benzene rings is 2. The van der Waals surface area contributed by atoms with Crippen LogP contribution < -0.4 is 5.32 Å². The Morgan fingerprint density at radius 3 is 2.63 bits per heavy atom. The zero-order valence-corrected chi connectivity index (χ0v) is 16.8. The van der Waals surface area contributed by atoms with Crippen molar-refractivity contribution >= 4 is 6.03 Å². The van der Waals surface area contributed by atoms with Crippen LogP contribution in [0, 0.1) is 17.1 Å². The van der Waals surface area contributed by atoms with Gasteiger partial charge >= 0.3 is 6.03 Å². The molecule has 156 valence electrons. The largest absolute Gasteiger partial charge is 0.394 e. The maximum absolute atomic E-state index is 13.8. The van der Waals surface area contributed by atoms with Crippen molar-refractivity contribution in [1.29, 1.82) is 5.26 Å². The SMILES string of the molecule is N#C[C@@H]1[C@H](c2ccccc2-c2cccc(F)c2)[C@@H](CO)N1C(=O)NC1CCCCC1. The van der Waals surface area contributed by atoms with Gasteiger partial charge in [-0.3, -0.25) is 0 Å². The molecule has 1 aliphatic carbocycles. The molecule has 2 fully saturated rings. The van der Waals surface area contributed by atoms with Gasteiger partial charge in [-0.15, -0.1) is 0 Å². The molecule has 30 heavy (non-hydrogen) atoms. The van der Waals surface area contributed by atoms with Gasteiger partial charge in [-0.05, 0) is 41.7 Å². The molecular formula is C24H26FN3O2. The number of likely N-dealkylation sites (tertiary alicyclic amines) is 1. The number of aliphatic hydroxyl groups excluding tert-OH is 1. The molecule has 4 rings (SSSR count). The summed E-state index contributed by atoms with van der Waals surface area (Å²) in [5.74, 6) is -0.670. The highest BCUT2D eigenvalue weighted by atomic mass is 19.1. The van der Waals surface area contributed by atoms with Crippen molar-refractivity contribution in [2.75, 3.05) is 6.61 Å². The number of nitrogens with one attached hydrogen (secondary N) is 1. The quantitative estimate of drug-likeness (QED) is 0.798. The second-order valence-electron chi connectivity index (χ2n) is 8.14. The molecule has 3 atom stereocenters. The molecule has 5 nitrogen and oxygen atoms in total. The van der Waals surface area contributed by atoms with Gasteiger partial charge in [0.05, 0.1) is 18.7 Å². The third-order valence-electron chi connectivity index (χ3n) is 6.35. The summed E-state index contributed by atoms with van der Waals surface area (Å²) in [7, 11) is 0. The topological polar surface area (TPSA) is 76.4 Å². The van der Waals surface area contributed by atoms with Crippen LogP contribution in [0.15, 0.2) is 48.5 Å². The van der Waals surface area contributed by atoms with Crippen molar-refractivity contribution < 1.29 is 14.3 Å². The first-order valence-corrected chi connectivity index (χ1v) is 10.6. The van der Waals surface area contributed by atoms with Crippen LogP contribution >= 0.6 is 0 Å². The molecule has 0 unspecified atom stereocenters. The first-order chi connectivity index (χ1) is 14.6. The predicted molar refractivity (Wildman–Crippen MR) is 112 cm³/mol. The van der Waals surface area contributed by atoms with E-state index in [1.54, 1.807) is 6.07 Å². The summed E-state index contributed by atoms with van der Waals surface area (Å²) in [6.45, 7) is -0.238. The Kier molecular flexibility index (Phi) is 6.01. The minimum absolute atomic E-state index is 0.128. The zero-order chi connectivity index (χ0) is 21.1. The molecular weight excluding hydrogens is 381 g/mol. The zero-order valence-electron chi connectivity index (χ0n) is 16.8. The number of urea groups is 1. The van der Waals surface area contributed by atoms with Gasteiger partial charge < -0.3 is 15.3 Å². The molecule has 0 bridgehead atoms. The molecule has 0 aromatic heterocycles. The standard InChI is InChI=1S/C24H26FN3O2/c25-17-8-6-7-16(13-17)19-11-4-5-12-20(19)23-21(14-26)28(22(23)15-29)24(30)27-18-9-2-1-3-10-18/h4-8,11-13,18,21-23,29H,1-3,9-10,15H2,(H,27,30)/t21-,22-,23+/m1/s1. The summed E-state index contributed by atoms with van der Waals surface area (Å²) >= 11 is 0. The number of amides is 2. The summed E-state index contributed by atoms with van der Waals surface area (Å²) in [5, 5.41) is 23.0. The number of halogens is 1. The van der Waals surface area contributed by atoms with Crippen LogP contribution in [0.2, 0.25) is 0 Å². The summed E-state index contributed by atoms with van der Waals surface area (Å²) < 4.78 is 13.8. The van der Waals surface area contributed by atoms with Crippen molar-refractivity contribution in [2.45, 2.75) is 56.1 Å². The van der Waals surface area contributed by atoms with Gasteiger partial charge in [0.15, 0.2) is 0 Å². The number of nitriles is 1. The van der Waals surface area contributed by atoms with E-state index < -0.39 is 12.1 Å². The lowest BCUT2D eigenvalue weighted by atomic mass is 9.73. The number of rotatable bonds is 4. The smallest absolute Gasteiger partial charge is 0.319 e. The average Bonchev–Trinajstić information content (AvgIpc) is 2.75. The van der Waals surface area contributed by atoms with Crippen LogP contribution in [0.4, 0.5) is 9.18 Å². The number of carbonyl (C=O) groups excluding carboxylic acids is 1. The van der Waals surface area contributed by atoms with Crippen LogP contribution in [0.3, 0.4) is 0 Å². The Morgan fingerprint density at radius 2 is 1.93 bits per heavy atom. The summed E-state index contributed by atoms with van der Waals surface area (Å²) in [6, 6.07) is 14.8. The molecule has 2 N–H and O–H groups in total. The van der Waals surface area contributed by atoms with Crippen LogP contribution in [-0.4, -0.2) is 40.8 Å². The number of nitrogens with zero attached hydrogens (tertiary/aromatic N) is 2. The van der Waals surface area contributed by atoms with E-state index in [0.29, 0.717) is 5.56 Å². The fraction of sp³-hybridized carbons (Fsp3) is 0.417. The van der Waals surface area contributed by atoms with Crippen molar-refractivity contribution in [3.8, 4) is 17.2 Å². The first-order valence-electron chi connectivity index (χ1n) is 10.6. The highest BCUT2D eigenvalue weighted by Crippen LogP contribution is 2.44. The van der Waals surface area contributed by atoms with E-state index in [1.165, 1.54) is 23.5 Å². The number of hydrogen-bond donors (Lipinski definition) is 2. The van der Waals surface area contributed by atoms with Crippen molar-refractivity contribution in [1.82, 2.24) is 10.2 Å². The van der Waals surface area contributed by atoms with E-state index >= 15 is 0 Å². The van der Waals surface area contributed by atoms with E-state index in [-0.39, 0.29) is 30.4 Å². The number of hydrogen-bond acceptors (Lipinski definition) is 3. The Labute approximate surface area is 176 Å². The maximum Gasteiger partial charge on any atom is 0.319 e. The van der Waals surface area contributed by atoms with Gasteiger partial charge in [-0.1, -0.05) is 55.7 Å². The van der Waals surface area contributed by atoms with Gasteiger partial charge in [0, 0.05) is 12.0 Å². The van der Waals surface area contributed by atoms with Gasteiger partial charge in [0.25, 0.3) is 0 Å². The van der Waals surface area contributed by atoms with Crippen molar-refractivity contribution in [3.63, 3.8) is 0 Å². The first kappa shape index (κ1) is 20.4. The van der Waals surface area contributed by atoms with Crippen LogP contribution in [0.1, 0.15) is 43.6 Å². The molecule has 1 saturated carbocycles. The molecule has 2 aromatic rings. The second-order valence-corrected chi connectivity index (χ2v) is 8.14. The Bertz CT molecular complexity index is 951. The van der Waals surface area contributed by atoms with Crippen LogP contribution in [0.25, 0.3) is 11.1 Å². The lowest BCUT2D eigenvalue weighted by molar-refractivity contribution is 0.0155. The highest BCUT2D eigenvalue weighted by Gasteiger charge is 2.52. The van der Waals surface area contributed by atoms with Gasteiger partial charge in [0.1, 0.15) is 11.9 Å². The summed E-state index contributed by atoms with van der Waals surface area (Å²) in [5.41, 5.74) is 2.37. The molecule has 0 radical (unpaired) electrons. The summed E-state index contributed by atoms with van der Waals surface area (Å²) in [4.78, 5) is 14.4. The van der Waals surface area contributed by atoms with Crippen LogP contribution in [0.5, 0.6) is 0 Å². The highest BCUT2D eigenvalue weighted by molar-refractivity contribution is 5.79. The number of carbonyl (C=O) groups is 1. The van der Waals surface area contributed by atoms with Crippen molar-refractivity contribution in [2.24, 2.45) is 0 Å². The van der Waals surface area contributed by atoms with E-state index in [1.807, 2.05) is 30.3 Å². The van der Waals surface area contributed by atoms with Gasteiger partial charge in [-0.2, -0.15) is 5.26 Å². The van der Waals surface area contributed by atoms with E-state index in [2.05, 4.69) is 11.4 Å². The molecule has 2 amide bonds. The Balaban J connectivity index is 1.61. The maximum atomic E-state index is 13.8. The minimum Gasteiger partial charge on any atom is -0.394 e. The third-order valence-corrected chi connectivity index (χ3v) is 6.35. The van der Waals surface area contributed by atoms with Crippen LogP contribution in [-0.2, 0) is 0 Å². The van der Waals surface area contributed by atoms with Gasteiger partial charge in [0.2, 0.25) is 0 Å². The lowest BCUT2D eigenvalue weighted by Gasteiger charge is -2.52. The molecule has 1 heterocycles. The molecule has 6 heteroatoms. The summed E-state index contributed by atoms with van der Waals surface area (Å²) in [6.07, 6.45) is 5.29. The predicted octanol–water partition coefficient (Wildman–Crippen LogP) is 4.19. The minimum atomic E-state index is -0.680. The monoisotopic (exact) mass is 407 g/mol. The van der Waals surface area contributed by atoms with E-state index in [4.69, 9.17) is 0 Å². The lowest BCUT2D eigenvalue weighted by Crippen LogP contribution is -2.68. The average molecular weight is 407 g/mol. The molecule has 2 aliphatic rings. The molecule has 0 spiro atoms. The second kappa shape index (κ2) is 8.85. The fourth-order valence-electron chi connectivity index (χ4n) is 4.86. The van der Waals surface area contributed by atoms with Gasteiger partial charge in [-0.25, -0.2) is 9.18 Å². The fourth-order valence-corrected chi connectivity index (χ4v) is 4.86. The Hall–Kier alpha value is -2.91. The van der Waals surface area contributed by atoms with E-state index in [0.717, 1.165) is 36.8 Å².